The van der Waals surface area contributed by atoms with Gasteiger partial charge in [-0.25, -0.2) is 0 Å². The topological polar surface area (TPSA) is 67.9 Å². The van der Waals surface area contributed by atoms with Gasteiger partial charge in [0.15, 0.2) is 0 Å². The molecule has 1 aliphatic carbocycles. The van der Waals surface area contributed by atoms with Crippen molar-refractivity contribution in [2.45, 2.75) is 88.9 Å². The predicted octanol–water partition coefficient (Wildman–Crippen LogP) is 4.66. The van der Waals surface area contributed by atoms with Crippen LogP contribution >= 0.6 is 11.6 Å². The summed E-state index contributed by atoms with van der Waals surface area (Å²) in [5.74, 6) is 0.756. The number of rotatable bonds is 10. The van der Waals surface area contributed by atoms with Gasteiger partial charge in [-0.1, -0.05) is 80.1 Å². The van der Waals surface area contributed by atoms with Crippen LogP contribution in [0.2, 0.25) is 5.02 Å². The molecule has 4 aliphatic rings. The number of hydrogen-bond donors (Lipinski definition) is 2. The molecule has 44 heavy (non-hydrogen) atoms. The van der Waals surface area contributed by atoms with Crippen LogP contribution in [-0.4, -0.2) is 90.5 Å². The number of benzene rings is 2. The lowest BCUT2D eigenvalue weighted by atomic mass is 9.84. The number of carbonyl (C=O) groups excluding carboxylic acids is 2. The summed E-state index contributed by atoms with van der Waals surface area (Å²) in [4.78, 5) is 35.0. The van der Waals surface area contributed by atoms with Gasteiger partial charge in [0.25, 0.3) is 0 Å². The fourth-order valence-electron chi connectivity index (χ4n) is 7.91. The largest absolute Gasteiger partial charge is 0.343 e. The molecule has 8 heteroatoms. The molecule has 6 rings (SSSR count). The van der Waals surface area contributed by atoms with Crippen LogP contribution in [0.15, 0.2) is 48.5 Å². The highest BCUT2D eigenvalue weighted by Gasteiger charge is 2.34. The standard InChI is InChI=1S/C36H50ClN5O2/c37-31-14-12-28(13-15-31)23-34(39-35(43)33-24-29-10-4-5-11-30(29)25-38-33)36(44)42-20-18-41(19-21-42)32(26-40-16-6-7-17-40)22-27-8-2-1-3-9-27/h4-5,10-15,27,32-34,38H,1-3,6-9,16-26H2,(H,39,43)/t32?,33-,34-/m1/s1. The first kappa shape index (κ1) is 31.5. The molecule has 3 fully saturated rings. The smallest absolute Gasteiger partial charge is 0.245 e. The number of nitrogens with zero attached hydrogens (tertiary/aromatic N) is 3. The van der Waals surface area contributed by atoms with Crippen molar-refractivity contribution in [3.63, 3.8) is 0 Å². The maximum Gasteiger partial charge on any atom is 0.245 e. The van der Waals surface area contributed by atoms with Gasteiger partial charge in [0.2, 0.25) is 11.8 Å². The Bertz CT molecular complexity index is 1240. The summed E-state index contributed by atoms with van der Waals surface area (Å²) in [7, 11) is 0. The Morgan fingerprint density at radius 3 is 2.30 bits per heavy atom. The van der Waals surface area contributed by atoms with E-state index in [1.807, 2.05) is 41.3 Å². The highest BCUT2D eigenvalue weighted by molar-refractivity contribution is 6.30. The fourth-order valence-corrected chi connectivity index (χ4v) is 8.03. The molecular weight excluding hydrogens is 570 g/mol. The number of fused-ring (bicyclic) bond motifs is 1. The summed E-state index contributed by atoms with van der Waals surface area (Å²) in [6, 6.07) is 15.5. The second-order valence-electron chi connectivity index (χ2n) is 13.6. The van der Waals surface area contributed by atoms with Gasteiger partial charge >= 0.3 is 0 Å². The summed E-state index contributed by atoms with van der Waals surface area (Å²) in [5.41, 5.74) is 3.42. The Hall–Kier alpha value is -2.45. The molecule has 3 aliphatic heterocycles. The molecule has 2 aromatic carbocycles. The molecule has 3 atom stereocenters. The highest BCUT2D eigenvalue weighted by Crippen LogP contribution is 2.30. The third-order valence-corrected chi connectivity index (χ3v) is 10.8. The first-order valence-electron chi connectivity index (χ1n) is 17.1. The molecule has 1 saturated carbocycles. The van der Waals surface area contributed by atoms with Crippen LogP contribution in [0.1, 0.15) is 68.1 Å². The summed E-state index contributed by atoms with van der Waals surface area (Å²) in [6.45, 7) is 7.51. The van der Waals surface area contributed by atoms with Gasteiger partial charge in [-0.05, 0) is 73.5 Å². The fraction of sp³-hybridized carbons (Fsp3) is 0.611. The zero-order chi connectivity index (χ0) is 30.3. The quantitative estimate of drug-likeness (QED) is 0.405. The van der Waals surface area contributed by atoms with Crippen molar-refractivity contribution in [3.05, 3.63) is 70.2 Å². The first-order chi connectivity index (χ1) is 21.5. The van der Waals surface area contributed by atoms with Crippen molar-refractivity contribution in [1.29, 1.82) is 0 Å². The van der Waals surface area contributed by atoms with E-state index in [1.165, 1.54) is 75.6 Å². The summed E-state index contributed by atoms with van der Waals surface area (Å²) >= 11 is 6.15. The number of carbonyl (C=O) groups is 2. The molecule has 0 spiro atoms. The van der Waals surface area contributed by atoms with E-state index in [0.29, 0.717) is 43.5 Å². The average molecular weight is 620 g/mol. The van der Waals surface area contributed by atoms with Gasteiger partial charge in [0, 0.05) is 56.8 Å². The van der Waals surface area contributed by atoms with Crippen molar-refractivity contribution in [2.24, 2.45) is 5.92 Å². The van der Waals surface area contributed by atoms with E-state index in [9.17, 15) is 9.59 Å². The van der Waals surface area contributed by atoms with Gasteiger partial charge in [0.1, 0.15) is 6.04 Å². The van der Waals surface area contributed by atoms with Gasteiger partial charge in [-0.15, -0.1) is 0 Å². The molecule has 2 saturated heterocycles. The SMILES string of the molecule is O=C(N[C@H](Cc1ccc(Cl)cc1)C(=O)N1CCN(C(CC2CCCCC2)CN2CCCC2)CC1)[C@H]1Cc2ccccc2CN1. The van der Waals surface area contributed by atoms with Crippen LogP contribution in [0, 0.1) is 5.92 Å². The predicted molar refractivity (Wildman–Crippen MR) is 177 cm³/mol. The zero-order valence-electron chi connectivity index (χ0n) is 26.2. The van der Waals surface area contributed by atoms with Crippen molar-refractivity contribution >= 4 is 23.4 Å². The first-order valence-corrected chi connectivity index (χ1v) is 17.5. The Morgan fingerprint density at radius 1 is 0.864 bits per heavy atom. The molecule has 1 unspecified atom stereocenters. The minimum atomic E-state index is -0.614. The highest BCUT2D eigenvalue weighted by atomic mass is 35.5. The monoisotopic (exact) mass is 619 g/mol. The second-order valence-corrected chi connectivity index (χ2v) is 14.0. The maximum absolute atomic E-state index is 14.1. The molecule has 0 bridgehead atoms. The molecule has 7 nitrogen and oxygen atoms in total. The zero-order valence-corrected chi connectivity index (χ0v) is 26.9. The van der Waals surface area contributed by atoms with Crippen LogP contribution in [0.4, 0.5) is 0 Å². The molecule has 2 N–H and O–H groups in total. The van der Waals surface area contributed by atoms with Crippen molar-refractivity contribution in [2.75, 3.05) is 45.8 Å². The minimum Gasteiger partial charge on any atom is -0.343 e. The maximum atomic E-state index is 14.1. The van der Waals surface area contributed by atoms with Crippen LogP contribution in [-0.2, 0) is 29.0 Å². The number of piperazine rings is 1. The third-order valence-electron chi connectivity index (χ3n) is 10.5. The lowest BCUT2D eigenvalue weighted by Gasteiger charge is -2.43. The van der Waals surface area contributed by atoms with Crippen LogP contribution in [0.25, 0.3) is 0 Å². The van der Waals surface area contributed by atoms with E-state index < -0.39 is 6.04 Å². The molecule has 238 valence electrons. The summed E-state index contributed by atoms with van der Waals surface area (Å²) in [6.07, 6.45) is 11.9. The van der Waals surface area contributed by atoms with E-state index >= 15 is 0 Å². The van der Waals surface area contributed by atoms with Crippen molar-refractivity contribution in [1.82, 2.24) is 25.3 Å². The molecule has 3 heterocycles. The van der Waals surface area contributed by atoms with Crippen LogP contribution in [0.5, 0.6) is 0 Å². The number of halogens is 1. The molecule has 2 amide bonds. The molecule has 2 aromatic rings. The van der Waals surface area contributed by atoms with E-state index in [0.717, 1.165) is 31.1 Å². The van der Waals surface area contributed by atoms with Crippen molar-refractivity contribution < 1.29 is 9.59 Å². The Morgan fingerprint density at radius 2 is 1.57 bits per heavy atom. The summed E-state index contributed by atoms with van der Waals surface area (Å²) < 4.78 is 0. The molecular formula is C36H50ClN5O2. The second kappa shape index (κ2) is 15.2. The Kier molecular flexibility index (Phi) is 10.9. The van der Waals surface area contributed by atoms with E-state index in [2.05, 4.69) is 32.6 Å². The lowest BCUT2D eigenvalue weighted by Crippen LogP contribution is -2.59. The van der Waals surface area contributed by atoms with E-state index in [4.69, 9.17) is 11.6 Å². The molecule has 0 radical (unpaired) electrons. The Labute approximate surface area is 268 Å². The van der Waals surface area contributed by atoms with E-state index in [1.54, 1.807) is 0 Å². The summed E-state index contributed by atoms with van der Waals surface area (Å²) in [5, 5.41) is 7.22. The number of amides is 2. The van der Waals surface area contributed by atoms with Crippen LogP contribution in [0.3, 0.4) is 0 Å². The van der Waals surface area contributed by atoms with Gasteiger partial charge in [0.05, 0.1) is 6.04 Å². The lowest BCUT2D eigenvalue weighted by molar-refractivity contribution is -0.138. The van der Waals surface area contributed by atoms with Crippen molar-refractivity contribution in [3.8, 4) is 0 Å². The van der Waals surface area contributed by atoms with Gasteiger partial charge in [-0.2, -0.15) is 0 Å². The van der Waals surface area contributed by atoms with Gasteiger partial charge < -0.3 is 20.4 Å². The number of nitrogens with one attached hydrogen (secondary N) is 2. The van der Waals surface area contributed by atoms with Gasteiger partial charge in [-0.3, -0.25) is 14.5 Å². The normalized spacial score (nSPS) is 23.2. The number of hydrogen-bond acceptors (Lipinski definition) is 5. The average Bonchev–Trinajstić information content (AvgIpc) is 3.58. The molecule has 0 aromatic heterocycles. The van der Waals surface area contributed by atoms with Crippen LogP contribution < -0.4 is 10.6 Å². The van der Waals surface area contributed by atoms with E-state index in [-0.39, 0.29) is 17.9 Å². The minimum absolute atomic E-state index is 0.0209. The number of likely N-dealkylation sites (tertiary alicyclic amines) is 1. The Balaban J connectivity index is 1.10. The third kappa shape index (κ3) is 8.22.